The van der Waals surface area contributed by atoms with E-state index in [1.165, 1.54) is 12.8 Å². The number of hydrogen-bond acceptors (Lipinski definition) is 2. The molecule has 0 aliphatic carbocycles. The summed E-state index contributed by atoms with van der Waals surface area (Å²) in [6.45, 7) is 8.51. The standard InChI is InChI=1S/C18H31FN2/c1-5-13-20-18(16-10-8-9-11-17(16)19)12-14-21(4)15(6-2)7-3/h8-11,15,18,20H,5-7,12-14H2,1-4H3. The van der Waals surface area contributed by atoms with Gasteiger partial charge in [-0.05, 0) is 51.9 Å². The van der Waals surface area contributed by atoms with Crippen molar-refractivity contribution in [2.75, 3.05) is 20.1 Å². The zero-order chi connectivity index (χ0) is 15.7. The number of nitrogens with zero attached hydrogens (tertiary/aromatic N) is 1. The fraction of sp³-hybridized carbons (Fsp3) is 0.667. The highest BCUT2D eigenvalue weighted by molar-refractivity contribution is 5.21. The van der Waals surface area contributed by atoms with E-state index in [4.69, 9.17) is 0 Å². The van der Waals surface area contributed by atoms with Crippen LogP contribution in [0.5, 0.6) is 0 Å². The topological polar surface area (TPSA) is 15.3 Å². The fourth-order valence-corrected chi connectivity index (χ4v) is 2.87. The molecule has 1 aromatic rings. The zero-order valence-corrected chi connectivity index (χ0v) is 14.0. The van der Waals surface area contributed by atoms with Crippen molar-refractivity contribution in [1.82, 2.24) is 10.2 Å². The van der Waals surface area contributed by atoms with Crippen molar-refractivity contribution in [3.05, 3.63) is 35.6 Å². The van der Waals surface area contributed by atoms with Crippen molar-refractivity contribution in [2.45, 2.75) is 58.5 Å². The molecule has 1 rings (SSSR count). The Balaban J connectivity index is 2.69. The third kappa shape index (κ3) is 5.76. The lowest BCUT2D eigenvalue weighted by Crippen LogP contribution is -2.34. The van der Waals surface area contributed by atoms with Crippen LogP contribution in [0, 0.1) is 5.82 Å². The summed E-state index contributed by atoms with van der Waals surface area (Å²) in [6, 6.07) is 7.86. The van der Waals surface area contributed by atoms with E-state index >= 15 is 0 Å². The van der Waals surface area contributed by atoms with Crippen LogP contribution in [0.2, 0.25) is 0 Å². The van der Waals surface area contributed by atoms with Crippen molar-refractivity contribution in [1.29, 1.82) is 0 Å². The summed E-state index contributed by atoms with van der Waals surface area (Å²) in [4.78, 5) is 2.40. The van der Waals surface area contributed by atoms with E-state index < -0.39 is 0 Å². The predicted octanol–water partition coefficient (Wildman–Crippen LogP) is 4.38. The molecule has 3 heteroatoms. The first-order valence-corrected chi connectivity index (χ1v) is 8.31. The Labute approximate surface area is 129 Å². The molecule has 0 spiro atoms. The van der Waals surface area contributed by atoms with Crippen LogP contribution in [-0.4, -0.2) is 31.1 Å². The maximum absolute atomic E-state index is 14.0. The highest BCUT2D eigenvalue weighted by Gasteiger charge is 2.17. The normalized spacial score (nSPS) is 13.1. The second-order valence-electron chi connectivity index (χ2n) is 5.77. The van der Waals surface area contributed by atoms with Gasteiger partial charge in [-0.15, -0.1) is 0 Å². The molecule has 0 heterocycles. The molecular weight excluding hydrogens is 263 g/mol. The molecule has 1 aromatic carbocycles. The van der Waals surface area contributed by atoms with E-state index in [9.17, 15) is 4.39 Å². The smallest absolute Gasteiger partial charge is 0.127 e. The van der Waals surface area contributed by atoms with Crippen LogP contribution in [-0.2, 0) is 0 Å². The third-order valence-corrected chi connectivity index (χ3v) is 4.26. The second kappa shape index (κ2) is 9.91. The zero-order valence-electron chi connectivity index (χ0n) is 14.0. The number of benzene rings is 1. The molecule has 1 unspecified atom stereocenters. The van der Waals surface area contributed by atoms with Crippen molar-refractivity contribution in [3.8, 4) is 0 Å². The molecular formula is C18H31FN2. The molecule has 0 fully saturated rings. The quantitative estimate of drug-likeness (QED) is 0.689. The number of halogens is 1. The summed E-state index contributed by atoms with van der Waals surface area (Å²) in [5, 5.41) is 3.49. The highest BCUT2D eigenvalue weighted by Crippen LogP contribution is 2.21. The van der Waals surface area contributed by atoms with E-state index in [0.717, 1.165) is 31.5 Å². The van der Waals surface area contributed by atoms with Gasteiger partial charge in [-0.2, -0.15) is 0 Å². The van der Waals surface area contributed by atoms with Gasteiger partial charge in [0.1, 0.15) is 5.82 Å². The van der Waals surface area contributed by atoms with Gasteiger partial charge in [-0.3, -0.25) is 0 Å². The van der Waals surface area contributed by atoms with Gasteiger partial charge < -0.3 is 10.2 Å². The molecule has 0 aromatic heterocycles. The summed E-state index contributed by atoms with van der Waals surface area (Å²) in [5.74, 6) is -0.101. The van der Waals surface area contributed by atoms with Crippen LogP contribution in [0.15, 0.2) is 24.3 Å². The summed E-state index contributed by atoms with van der Waals surface area (Å²) in [5.41, 5.74) is 0.795. The average molecular weight is 294 g/mol. The molecule has 0 amide bonds. The van der Waals surface area contributed by atoms with Crippen LogP contribution < -0.4 is 5.32 Å². The van der Waals surface area contributed by atoms with E-state index in [1.807, 2.05) is 12.1 Å². The first-order chi connectivity index (χ1) is 10.1. The molecule has 1 atom stereocenters. The first kappa shape index (κ1) is 18.1. The van der Waals surface area contributed by atoms with Crippen LogP contribution in [0.1, 0.15) is 58.1 Å². The van der Waals surface area contributed by atoms with Gasteiger partial charge in [0.25, 0.3) is 0 Å². The van der Waals surface area contributed by atoms with Gasteiger partial charge in [0.2, 0.25) is 0 Å². The van der Waals surface area contributed by atoms with Gasteiger partial charge in [-0.1, -0.05) is 39.0 Å². The number of rotatable bonds is 10. The van der Waals surface area contributed by atoms with Gasteiger partial charge in [0.15, 0.2) is 0 Å². The molecule has 0 aliphatic rings. The number of nitrogens with one attached hydrogen (secondary N) is 1. The maximum atomic E-state index is 14.0. The largest absolute Gasteiger partial charge is 0.310 e. The van der Waals surface area contributed by atoms with Crippen molar-refractivity contribution in [2.24, 2.45) is 0 Å². The minimum absolute atomic E-state index is 0.1000. The van der Waals surface area contributed by atoms with Crippen molar-refractivity contribution in [3.63, 3.8) is 0 Å². The van der Waals surface area contributed by atoms with Gasteiger partial charge in [0, 0.05) is 17.6 Å². The Morgan fingerprint density at radius 1 is 1.14 bits per heavy atom. The predicted molar refractivity (Wildman–Crippen MR) is 89.1 cm³/mol. The Morgan fingerprint density at radius 2 is 1.81 bits per heavy atom. The monoisotopic (exact) mass is 294 g/mol. The molecule has 120 valence electrons. The third-order valence-electron chi connectivity index (χ3n) is 4.26. The van der Waals surface area contributed by atoms with Crippen molar-refractivity contribution < 1.29 is 4.39 Å². The van der Waals surface area contributed by atoms with E-state index in [0.29, 0.717) is 6.04 Å². The van der Waals surface area contributed by atoms with Crippen LogP contribution in [0.25, 0.3) is 0 Å². The molecule has 0 aliphatic heterocycles. The SMILES string of the molecule is CCCNC(CCN(C)C(CC)CC)c1ccccc1F. The Hall–Kier alpha value is -0.930. The molecule has 2 nitrogen and oxygen atoms in total. The molecule has 0 bridgehead atoms. The lowest BCUT2D eigenvalue weighted by molar-refractivity contribution is 0.217. The minimum atomic E-state index is -0.101. The molecule has 21 heavy (non-hydrogen) atoms. The minimum Gasteiger partial charge on any atom is -0.310 e. The lowest BCUT2D eigenvalue weighted by Gasteiger charge is -2.28. The number of hydrogen-bond donors (Lipinski definition) is 1. The van der Waals surface area contributed by atoms with Crippen molar-refractivity contribution >= 4 is 0 Å². The molecule has 1 N–H and O–H groups in total. The highest BCUT2D eigenvalue weighted by atomic mass is 19.1. The van der Waals surface area contributed by atoms with Crippen LogP contribution in [0.4, 0.5) is 4.39 Å². The molecule has 0 saturated carbocycles. The summed E-state index contributed by atoms with van der Waals surface area (Å²) in [7, 11) is 2.18. The van der Waals surface area contributed by atoms with Gasteiger partial charge in [-0.25, -0.2) is 4.39 Å². The van der Waals surface area contributed by atoms with Gasteiger partial charge >= 0.3 is 0 Å². The first-order valence-electron chi connectivity index (χ1n) is 8.31. The van der Waals surface area contributed by atoms with Crippen LogP contribution in [0.3, 0.4) is 0 Å². The average Bonchev–Trinajstić information content (AvgIpc) is 2.49. The lowest BCUT2D eigenvalue weighted by atomic mass is 10.0. The van der Waals surface area contributed by atoms with Gasteiger partial charge in [0.05, 0.1) is 0 Å². The maximum Gasteiger partial charge on any atom is 0.127 e. The Bertz CT molecular complexity index is 391. The summed E-state index contributed by atoms with van der Waals surface area (Å²) < 4.78 is 14.0. The summed E-state index contributed by atoms with van der Waals surface area (Å²) in [6.07, 6.45) is 4.33. The Morgan fingerprint density at radius 3 is 2.38 bits per heavy atom. The Kier molecular flexibility index (Phi) is 8.55. The molecule has 0 saturated heterocycles. The van der Waals surface area contributed by atoms with E-state index in [-0.39, 0.29) is 11.9 Å². The fourth-order valence-electron chi connectivity index (χ4n) is 2.87. The summed E-state index contributed by atoms with van der Waals surface area (Å²) >= 11 is 0. The van der Waals surface area contributed by atoms with E-state index in [1.54, 1.807) is 12.1 Å². The van der Waals surface area contributed by atoms with Crippen LogP contribution >= 0.6 is 0 Å². The second-order valence-corrected chi connectivity index (χ2v) is 5.77. The van der Waals surface area contributed by atoms with E-state index in [2.05, 4.69) is 38.0 Å². The molecule has 0 radical (unpaired) electrons.